The fraction of sp³-hybridized carbons (Fsp3) is 0.217. The highest BCUT2D eigenvalue weighted by atomic mass is 16.5. The van der Waals surface area contributed by atoms with Crippen LogP contribution in [-0.2, 0) is 10.3 Å². The second-order valence-electron chi connectivity index (χ2n) is 8.40. The number of fused-ring (bicyclic) bond motifs is 1. The number of hydrogen-bond donors (Lipinski definition) is 4. The Morgan fingerprint density at radius 1 is 1.15 bits per heavy atom. The van der Waals surface area contributed by atoms with Gasteiger partial charge in [0, 0.05) is 11.9 Å². The van der Waals surface area contributed by atoms with Gasteiger partial charge in [-0.2, -0.15) is 4.98 Å². The van der Waals surface area contributed by atoms with Gasteiger partial charge in [-0.15, -0.1) is 10.2 Å². The van der Waals surface area contributed by atoms with Crippen LogP contribution in [0.1, 0.15) is 31.0 Å². The molecule has 4 N–H and O–H groups in total. The lowest BCUT2D eigenvalue weighted by Crippen LogP contribution is -2.28. The van der Waals surface area contributed by atoms with Crippen LogP contribution >= 0.6 is 0 Å². The highest BCUT2D eigenvalue weighted by molar-refractivity contribution is 6.62. The van der Waals surface area contributed by atoms with E-state index in [9.17, 15) is 10.1 Å². The van der Waals surface area contributed by atoms with Gasteiger partial charge in [-0.1, -0.05) is 36.4 Å². The summed E-state index contributed by atoms with van der Waals surface area (Å²) in [5.41, 5.74) is 3.14. The van der Waals surface area contributed by atoms with E-state index in [1.165, 1.54) is 6.39 Å². The molecule has 0 bridgehead atoms. The molecule has 0 spiro atoms. The van der Waals surface area contributed by atoms with Gasteiger partial charge in [0.2, 0.25) is 12.3 Å². The fourth-order valence-corrected chi connectivity index (χ4v) is 3.99. The zero-order chi connectivity index (χ0) is 23.7. The van der Waals surface area contributed by atoms with Gasteiger partial charge in [0.1, 0.15) is 5.82 Å². The molecule has 1 aliphatic rings. The summed E-state index contributed by atoms with van der Waals surface area (Å²) in [7, 11) is -0.951. The summed E-state index contributed by atoms with van der Waals surface area (Å²) in [5.74, 6) is 1.00. The van der Waals surface area contributed by atoms with Gasteiger partial charge < -0.3 is 29.8 Å². The zero-order valence-electron chi connectivity index (χ0n) is 18.6. The van der Waals surface area contributed by atoms with Crippen molar-refractivity contribution in [1.29, 1.82) is 0 Å². The molecule has 34 heavy (non-hydrogen) atoms. The molecule has 0 amide bonds. The molecular formula is C23H23BN6O4. The smallest absolute Gasteiger partial charge is 0.423 e. The van der Waals surface area contributed by atoms with Gasteiger partial charge in [-0.3, -0.25) is 0 Å². The third-order valence-electron chi connectivity index (χ3n) is 5.71. The highest BCUT2D eigenvalue weighted by Crippen LogP contribution is 2.33. The number of hydrogen-bond acceptors (Lipinski definition) is 10. The average molecular weight is 458 g/mol. The van der Waals surface area contributed by atoms with Crippen molar-refractivity contribution >= 4 is 30.0 Å². The van der Waals surface area contributed by atoms with Gasteiger partial charge in [0.15, 0.2) is 0 Å². The molecular weight excluding hydrogens is 435 g/mol. The number of anilines is 3. The predicted octanol–water partition coefficient (Wildman–Crippen LogP) is 2.37. The minimum Gasteiger partial charge on any atom is -0.423 e. The fourth-order valence-electron chi connectivity index (χ4n) is 3.99. The second-order valence-corrected chi connectivity index (χ2v) is 8.40. The third-order valence-corrected chi connectivity index (χ3v) is 5.71. The van der Waals surface area contributed by atoms with Crippen molar-refractivity contribution in [3.8, 4) is 11.5 Å². The molecule has 1 aliphatic heterocycles. The van der Waals surface area contributed by atoms with E-state index in [4.69, 9.17) is 9.07 Å². The van der Waals surface area contributed by atoms with Crippen LogP contribution in [0.5, 0.6) is 0 Å². The van der Waals surface area contributed by atoms with E-state index in [1.54, 1.807) is 6.20 Å². The van der Waals surface area contributed by atoms with Crippen molar-refractivity contribution in [2.75, 3.05) is 17.2 Å². The first kappa shape index (κ1) is 22.0. The molecule has 4 aromatic rings. The number of aromatic nitrogens is 4. The maximum Gasteiger partial charge on any atom is 0.492 e. The summed E-state index contributed by atoms with van der Waals surface area (Å²) in [6.45, 7) is 3.66. The summed E-state index contributed by atoms with van der Waals surface area (Å²) in [4.78, 5) is 9.04. The molecule has 0 saturated heterocycles. The van der Waals surface area contributed by atoms with Crippen molar-refractivity contribution in [3.05, 3.63) is 72.2 Å². The lowest BCUT2D eigenvalue weighted by atomic mass is 9.78. The molecule has 0 unspecified atom stereocenters. The van der Waals surface area contributed by atoms with Crippen LogP contribution in [0, 0.1) is 0 Å². The van der Waals surface area contributed by atoms with Crippen molar-refractivity contribution in [1.82, 2.24) is 20.2 Å². The highest BCUT2D eigenvalue weighted by Gasteiger charge is 2.40. The van der Waals surface area contributed by atoms with Crippen molar-refractivity contribution in [3.63, 3.8) is 0 Å². The minimum absolute atomic E-state index is 0.151. The van der Waals surface area contributed by atoms with Crippen molar-refractivity contribution < 1.29 is 19.2 Å². The standard InChI is InChI=1S/C23H23BN6O4/c1-23(2)17-10-15(8-9-18(17)24(32)34-23)27-22-25-11-16(21-30-26-13-33-21)20(29-22)28-19(12-31)14-6-4-3-5-7-14/h3-11,13,19,31-32H,12H2,1-2H3,(H2,25,27,28,29)/t19-/m1/s1. The van der Waals surface area contributed by atoms with Crippen molar-refractivity contribution in [2.24, 2.45) is 0 Å². The van der Waals surface area contributed by atoms with E-state index < -0.39 is 18.8 Å². The first-order valence-corrected chi connectivity index (χ1v) is 10.8. The maximum absolute atomic E-state index is 10.1. The van der Waals surface area contributed by atoms with Gasteiger partial charge in [-0.25, -0.2) is 4.98 Å². The lowest BCUT2D eigenvalue weighted by molar-refractivity contribution is 0.101. The molecule has 10 nitrogen and oxygen atoms in total. The Morgan fingerprint density at radius 3 is 2.71 bits per heavy atom. The number of nitrogens with zero attached hydrogens (tertiary/aromatic N) is 4. The van der Waals surface area contributed by atoms with E-state index in [2.05, 4.69) is 30.8 Å². The molecule has 2 aromatic heterocycles. The Bertz CT molecular complexity index is 1290. The first-order chi connectivity index (χ1) is 16.4. The summed E-state index contributed by atoms with van der Waals surface area (Å²) in [6.07, 6.45) is 2.81. The Balaban J connectivity index is 1.48. The lowest BCUT2D eigenvalue weighted by Gasteiger charge is -2.21. The Labute approximate surface area is 196 Å². The normalized spacial score (nSPS) is 15.1. The Morgan fingerprint density at radius 2 is 1.97 bits per heavy atom. The number of nitrogens with one attached hydrogen (secondary N) is 2. The van der Waals surface area contributed by atoms with Crippen LogP contribution in [0.4, 0.5) is 17.5 Å². The van der Waals surface area contributed by atoms with Crippen LogP contribution in [0.25, 0.3) is 11.5 Å². The molecule has 11 heteroatoms. The van der Waals surface area contributed by atoms with Gasteiger partial charge in [-0.05, 0) is 42.6 Å². The largest absolute Gasteiger partial charge is 0.492 e. The predicted molar refractivity (Wildman–Crippen MR) is 127 cm³/mol. The van der Waals surface area contributed by atoms with Crippen LogP contribution in [0.15, 0.2) is 65.5 Å². The van der Waals surface area contributed by atoms with Gasteiger partial charge >= 0.3 is 7.12 Å². The van der Waals surface area contributed by atoms with E-state index in [0.717, 1.165) is 22.3 Å². The maximum atomic E-state index is 10.1. The Kier molecular flexibility index (Phi) is 5.74. The van der Waals surface area contributed by atoms with Gasteiger partial charge in [0.05, 0.1) is 23.8 Å². The molecule has 2 aromatic carbocycles. The van der Waals surface area contributed by atoms with E-state index in [0.29, 0.717) is 17.3 Å². The van der Waals surface area contributed by atoms with E-state index in [-0.39, 0.29) is 12.5 Å². The SMILES string of the molecule is CC1(C)OB(O)c2ccc(Nc3ncc(-c4nnco4)c(N[C@H](CO)c4ccccc4)n3)cc21. The third kappa shape index (κ3) is 4.24. The molecule has 5 rings (SSSR count). The zero-order valence-corrected chi connectivity index (χ0v) is 18.6. The number of rotatable bonds is 7. The monoisotopic (exact) mass is 458 g/mol. The summed E-state index contributed by atoms with van der Waals surface area (Å²) < 4.78 is 11.0. The van der Waals surface area contributed by atoms with Crippen LogP contribution < -0.4 is 16.1 Å². The topological polar surface area (TPSA) is 138 Å². The Hall–Kier alpha value is -3.80. The summed E-state index contributed by atoms with van der Waals surface area (Å²) in [5, 5.41) is 34.3. The average Bonchev–Trinajstić information content (AvgIpc) is 3.44. The van der Waals surface area contributed by atoms with Crippen LogP contribution in [0.3, 0.4) is 0 Å². The molecule has 0 radical (unpaired) electrons. The second kappa shape index (κ2) is 8.86. The molecule has 0 saturated carbocycles. The molecule has 172 valence electrons. The summed E-state index contributed by atoms with van der Waals surface area (Å²) in [6, 6.07) is 14.7. The van der Waals surface area contributed by atoms with Crippen molar-refractivity contribution in [2.45, 2.75) is 25.5 Å². The number of aliphatic hydroxyl groups excluding tert-OH is 1. The van der Waals surface area contributed by atoms with E-state index in [1.807, 2.05) is 62.4 Å². The summed E-state index contributed by atoms with van der Waals surface area (Å²) >= 11 is 0. The minimum atomic E-state index is -0.951. The molecule has 3 heterocycles. The number of aliphatic hydroxyl groups is 1. The van der Waals surface area contributed by atoms with E-state index >= 15 is 0 Å². The van der Waals surface area contributed by atoms with Gasteiger partial charge in [0.25, 0.3) is 5.89 Å². The van der Waals surface area contributed by atoms with Crippen LogP contribution in [-0.4, -0.2) is 44.0 Å². The molecule has 0 aliphatic carbocycles. The number of benzene rings is 2. The van der Waals surface area contributed by atoms with Crippen LogP contribution in [0.2, 0.25) is 0 Å². The first-order valence-electron chi connectivity index (χ1n) is 10.8. The molecule has 1 atom stereocenters. The molecule has 0 fully saturated rings. The quantitative estimate of drug-likeness (QED) is 0.305.